The number of nitrogens with zero attached hydrogens (tertiary/aromatic N) is 1. The molecular weight excluding hydrogens is 336 g/mol. The van der Waals surface area contributed by atoms with Crippen LogP contribution >= 0.6 is 11.3 Å². The van der Waals surface area contributed by atoms with Gasteiger partial charge in [0.2, 0.25) is 11.8 Å². The molecule has 2 amide bonds. The van der Waals surface area contributed by atoms with Crippen LogP contribution in [0.15, 0.2) is 5.38 Å². The Morgan fingerprint density at radius 3 is 2.72 bits per heavy atom. The van der Waals surface area contributed by atoms with Crippen molar-refractivity contribution in [2.24, 2.45) is 11.7 Å². The highest BCUT2D eigenvalue weighted by Gasteiger charge is 2.18. The molecule has 1 aliphatic carbocycles. The van der Waals surface area contributed by atoms with Gasteiger partial charge in [0.25, 0.3) is 0 Å². The van der Waals surface area contributed by atoms with Crippen molar-refractivity contribution in [1.82, 2.24) is 10.3 Å². The van der Waals surface area contributed by atoms with Gasteiger partial charge in [-0.1, -0.05) is 25.7 Å². The van der Waals surface area contributed by atoms with Crippen LogP contribution in [0.3, 0.4) is 0 Å². The van der Waals surface area contributed by atoms with Crippen molar-refractivity contribution < 1.29 is 9.59 Å². The van der Waals surface area contributed by atoms with Crippen molar-refractivity contribution in [3.8, 4) is 0 Å². The molecule has 0 radical (unpaired) electrons. The molecule has 0 bridgehead atoms. The fourth-order valence-electron chi connectivity index (χ4n) is 3.17. The number of aromatic nitrogens is 1. The molecule has 4 N–H and O–H groups in total. The minimum absolute atomic E-state index is 0.0295. The molecule has 6 nitrogen and oxygen atoms in total. The second-order valence-corrected chi connectivity index (χ2v) is 7.63. The Kier molecular flexibility index (Phi) is 8.90. The third kappa shape index (κ3) is 7.96. The molecule has 0 aromatic carbocycles. The average Bonchev–Trinajstić information content (AvgIpc) is 3.02. The number of amides is 2. The first kappa shape index (κ1) is 19.8. The molecule has 140 valence electrons. The quantitative estimate of drug-likeness (QED) is 0.555. The number of hydrogen-bond acceptors (Lipinski definition) is 5. The van der Waals surface area contributed by atoms with Gasteiger partial charge in [0.15, 0.2) is 5.13 Å². The second kappa shape index (κ2) is 11.2. The second-order valence-electron chi connectivity index (χ2n) is 6.78. The van der Waals surface area contributed by atoms with Crippen LogP contribution in [0.5, 0.6) is 0 Å². The fraction of sp³-hybridized carbons (Fsp3) is 0.722. The summed E-state index contributed by atoms with van der Waals surface area (Å²) in [4.78, 5) is 28.3. The van der Waals surface area contributed by atoms with Gasteiger partial charge in [0.05, 0.1) is 12.1 Å². The van der Waals surface area contributed by atoms with Crippen molar-refractivity contribution in [3.63, 3.8) is 0 Å². The van der Waals surface area contributed by atoms with Gasteiger partial charge in [-0.25, -0.2) is 4.98 Å². The minimum Gasteiger partial charge on any atom is -0.356 e. The summed E-state index contributed by atoms with van der Waals surface area (Å²) in [6.45, 7) is 1.37. The van der Waals surface area contributed by atoms with Gasteiger partial charge in [-0.15, -0.1) is 11.3 Å². The number of thiazole rings is 1. The molecule has 1 fully saturated rings. The Bertz CT molecular complexity index is 541. The highest BCUT2D eigenvalue weighted by molar-refractivity contribution is 7.13. The van der Waals surface area contributed by atoms with Crippen molar-refractivity contribution in [3.05, 3.63) is 11.1 Å². The first-order valence-electron chi connectivity index (χ1n) is 9.38. The lowest BCUT2D eigenvalue weighted by Crippen LogP contribution is -2.26. The van der Waals surface area contributed by atoms with Crippen LogP contribution < -0.4 is 16.4 Å². The third-order valence-corrected chi connectivity index (χ3v) is 5.35. The van der Waals surface area contributed by atoms with Crippen molar-refractivity contribution in [2.45, 2.75) is 64.2 Å². The summed E-state index contributed by atoms with van der Waals surface area (Å²) in [6.07, 6.45) is 9.89. The standard InChI is InChI=1S/C18H30N4O2S/c19-9-5-2-6-10-20-16(23)12-15-13-25-18(21-15)22-17(24)11-14-7-3-1-4-8-14/h13-14H,1-12,19H2,(H,20,23)(H,21,22,24). The first-order chi connectivity index (χ1) is 12.2. The monoisotopic (exact) mass is 366 g/mol. The molecule has 1 aromatic heterocycles. The molecule has 25 heavy (non-hydrogen) atoms. The largest absolute Gasteiger partial charge is 0.356 e. The van der Waals surface area contributed by atoms with E-state index in [9.17, 15) is 9.59 Å². The van der Waals surface area contributed by atoms with Crippen molar-refractivity contribution >= 4 is 28.3 Å². The Morgan fingerprint density at radius 1 is 1.16 bits per heavy atom. The minimum atomic E-state index is -0.0295. The van der Waals surface area contributed by atoms with E-state index in [2.05, 4.69) is 15.6 Å². The van der Waals surface area contributed by atoms with Crippen LogP contribution in [0, 0.1) is 5.92 Å². The van der Waals surface area contributed by atoms with E-state index in [1.54, 1.807) is 0 Å². The van der Waals surface area contributed by atoms with E-state index < -0.39 is 0 Å². The van der Waals surface area contributed by atoms with Gasteiger partial charge in [0, 0.05) is 18.3 Å². The summed E-state index contributed by atoms with van der Waals surface area (Å²) in [5, 5.41) is 8.19. The number of anilines is 1. The summed E-state index contributed by atoms with van der Waals surface area (Å²) in [5.74, 6) is 0.522. The molecule has 1 aromatic rings. The summed E-state index contributed by atoms with van der Waals surface area (Å²) in [7, 11) is 0. The molecule has 0 atom stereocenters. The van der Waals surface area contributed by atoms with E-state index >= 15 is 0 Å². The number of carbonyl (C=O) groups excluding carboxylic acids is 2. The Labute approximate surface area is 154 Å². The number of hydrogen-bond donors (Lipinski definition) is 3. The Balaban J connectivity index is 1.66. The van der Waals surface area contributed by atoms with Crippen LogP contribution in [-0.4, -0.2) is 29.9 Å². The zero-order valence-corrected chi connectivity index (χ0v) is 15.7. The van der Waals surface area contributed by atoms with Crippen LogP contribution in [-0.2, 0) is 16.0 Å². The van der Waals surface area contributed by atoms with Gasteiger partial charge in [-0.3, -0.25) is 9.59 Å². The topological polar surface area (TPSA) is 97.1 Å². The maximum Gasteiger partial charge on any atom is 0.226 e. The van der Waals surface area contributed by atoms with E-state index in [-0.39, 0.29) is 18.2 Å². The average molecular weight is 367 g/mol. The van der Waals surface area contributed by atoms with Crippen molar-refractivity contribution in [1.29, 1.82) is 0 Å². The summed E-state index contributed by atoms with van der Waals surface area (Å²) in [5.41, 5.74) is 6.14. The highest BCUT2D eigenvalue weighted by Crippen LogP contribution is 2.27. The predicted molar refractivity (Wildman–Crippen MR) is 102 cm³/mol. The van der Waals surface area contributed by atoms with Crippen molar-refractivity contribution in [2.75, 3.05) is 18.4 Å². The van der Waals surface area contributed by atoms with E-state index in [0.717, 1.165) is 32.1 Å². The van der Waals surface area contributed by atoms with Gasteiger partial charge in [0.1, 0.15) is 0 Å². The summed E-state index contributed by atoms with van der Waals surface area (Å²) >= 11 is 1.38. The number of carbonyl (C=O) groups is 2. The lowest BCUT2D eigenvalue weighted by Gasteiger charge is -2.20. The molecule has 1 saturated carbocycles. The zero-order valence-electron chi connectivity index (χ0n) is 14.9. The summed E-state index contributed by atoms with van der Waals surface area (Å²) < 4.78 is 0. The normalized spacial score (nSPS) is 15.1. The molecular formula is C18H30N4O2S. The maximum absolute atomic E-state index is 12.1. The van der Waals surface area contributed by atoms with Crippen LogP contribution in [0.25, 0.3) is 0 Å². The molecule has 2 rings (SSSR count). The van der Waals surface area contributed by atoms with E-state index in [1.807, 2.05) is 5.38 Å². The molecule has 0 saturated heterocycles. The van der Waals surface area contributed by atoms with Gasteiger partial charge < -0.3 is 16.4 Å². The smallest absolute Gasteiger partial charge is 0.226 e. The summed E-state index contributed by atoms with van der Waals surface area (Å²) in [6, 6.07) is 0. The molecule has 0 aliphatic heterocycles. The molecule has 7 heteroatoms. The van der Waals surface area contributed by atoms with Crippen LogP contribution in [0.4, 0.5) is 5.13 Å². The van der Waals surface area contributed by atoms with E-state index in [0.29, 0.717) is 36.3 Å². The number of nitrogens with two attached hydrogens (primary N) is 1. The molecule has 1 heterocycles. The lowest BCUT2D eigenvalue weighted by molar-refractivity contribution is -0.120. The fourth-order valence-corrected chi connectivity index (χ4v) is 3.90. The lowest BCUT2D eigenvalue weighted by atomic mass is 9.87. The Hall–Kier alpha value is -1.47. The van der Waals surface area contributed by atoms with Crippen LogP contribution in [0.1, 0.15) is 63.5 Å². The van der Waals surface area contributed by atoms with Gasteiger partial charge in [-0.05, 0) is 38.1 Å². The van der Waals surface area contributed by atoms with Gasteiger partial charge in [-0.2, -0.15) is 0 Å². The highest BCUT2D eigenvalue weighted by atomic mass is 32.1. The molecule has 0 unspecified atom stereocenters. The zero-order chi connectivity index (χ0) is 17.9. The number of rotatable bonds is 10. The van der Waals surface area contributed by atoms with Crippen LogP contribution in [0.2, 0.25) is 0 Å². The third-order valence-electron chi connectivity index (χ3n) is 4.54. The number of nitrogens with one attached hydrogen (secondary N) is 2. The first-order valence-corrected chi connectivity index (χ1v) is 10.3. The molecule has 0 spiro atoms. The predicted octanol–water partition coefficient (Wildman–Crippen LogP) is 2.84. The van der Waals surface area contributed by atoms with Gasteiger partial charge >= 0.3 is 0 Å². The Morgan fingerprint density at radius 2 is 1.96 bits per heavy atom. The SMILES string of the molecule is NCCCCCNC(=O)Cc1csc(NC(=O)CC2CCCCC2)n1. The molecule has 1 aliphatic rings. The maximum atomic E-state index is 12.1. The number of unbranched alkanes of at least 4 members (excludes halogenated alkanes) is 2. The van der Waals surface area contributed by atoms with E-state index in [1.165, 1.54) is 30.6 Å². The van der Waals surface area contributed by atoms with E-state index in [4.69, 9.17) is 5.73 Å².